The predicted molar refractivity (Wildman–Crippen MR) is 79.5 cm³/mol. The van der Waals surface area contributed by atoms with Crippen molar-refractivity contribution in [2.24, 2.45) is 0 Å². The van der Waals surface area contributed by atoms with Crippen molar-refractivity contribution in [3.05, 3.63) is 64.8 Å². The number of aliphatic hydroxyl groups excluding tert-OH is 1. The fourth-order valence-corrected chi connectivity index (χ4v) is 3.14. The average Bonchev–Trinajstić information content (AvgIpc) is 2.85. The molecule has 0 aliphatic heterocycles. The van der Waals surface area contributed by atoms with Gasteiger partial charge < -0.3 is 5.11 Å². The van der Waals surface area contributed by atoms with E-state index in [4.69, 9.17) is 0 Å². The highest BCUT2D eigenvalue weighted by atomic mass is 32.1. The zero-order chi connectivity index (χ0) is 13.2. The maximum absolute atomic E-state index is 10.3. The van der Waals surface area contributed by atoms with Gasteiger partial charge >= 0.3 is 0 Å². The Morgan fingerprint density at radius 2 is 2.05 bits per heavy atom. The lowest BCUT2D eigenvalue weighted by Gasteiger charge is -2.07. The summed E-state index contributed by atoms with van der Waals surface area (Å²) in [6.07, 6.45) is 1.92. The lowest BCUT2D eigenvalue weighted by atomic mass is 10.1. The molecule has 0 amide bonds. The van der Waals surface area contributed by atoms with E-state index in [-0.39, 0.29) is 0 Å². The molecule has 3 aromatic rings. The van der Waals surface area contributed by atoms with E-state index in [1.54, 1.807) is 11.3 Å². The summed E-state index contributed by atoms with van der Waals surface area (Å²) in [4.78, 5) is 5.35. The zero-order valence-corrected chi connectivity index (χ0v) is 11.5. The largest absolute Gasteiger partial charge is 0.387 e. The van der Waals surface area contributed by atoms with Gasteiger partial charge in [-0.05, 0) is 36.1 Å². The van der Waals surface area contributed by atoms with Crippen LogP contribution in [0.1, 0.15) is 22.2 Å². The molecule has 0 saturated carbocycles. The van der Waals surface area contributed by atoms with Crippen LogP contribution in [-0.2, 0) is 6.42 Å². The molecule has 1 N–H and O–H groups in total. The van der Waals surface area contributed by atoms with Crippen molar-refractivity contribution in [3.63, 3.8) is 0 Å². The fraction of sp³-hybridized carbons (Fsp3) is 0.188. The topological polar surface area (TPSA) is 33.1 Å². The molecule has 3 rings (SSSR count). The second-order valence-electron chi connectivity index (χ2n) is 4.73. The number of hydrogen-bond acceptors (Lipinski definition) is 3. The number of hydrogen-bond donors (Lipinski definition) is 1. The molecule has 0 saturated heterocycles. The van der Waals surface area contributed by atoms with Crippen LogP contribution in [0, 0.1) is 6.92 Å². The van der Waals surface area contributed by atoms with Gasteiger partial charge in [0.2, 0.25) is 0 Å². The van der Waals surface area contributed by atoms with Gasteiger partial charge in [-0.3, -0.25) is 4.98 Å². The Kier molecular flexibility index (Phi) is 3.32. The van der Waals surface area contributed by atoms with Crippen LogP contribution < -0.4 is 0 Å². The summed E-state index contributed by atoms with van der Waals surface area (Å²) in [7, 11) is 0. The lowest BCUT2D eigenvalue weighted by Crippen LogP contribution is -2.01. The molecule has 0 radical (unpaired) electrons. The highest BCUT2D eigenvalue weighted by molar-refractivity contribution is 7.19. The van der Waals surface area contributed by atoms with E-state index in [1.807, 2.05) is 37.4 Å². The van der Waals surface area contributed by atoms with Crippen LogP contribution in [0.15, 0.2) is 48.7 Å². The highest BCUT2D eigenvalue weighted by Crippen LogP contribution is 2.31. The Balaban J connectivity index is 1.83. The highest BCUT2D eigenvalue weighted by Gasteiger charge is 2.12. The van der Waals surface area contributed by atoms with E-state index in [0.29, 0.717) is 6.42 Å². The minimum absolute atomic E-state index is 0.479. The van der Waals surface area contributed by atoms with Crippen molar-refractivity contribution >= 4 is 21.4 Å². The monoisotopic (exact) mass is 269 g/mol. The SMILES string of the molecule is Cc1ccc(CC(O)c2cc3ccccc3s2)nc1. The molecule has 0 aliphatic carbocycles. The fourth-order valence-electron chi connectivity index (χ4n) is 2.08. The maximum Gasteiger partial charge on any atom is 0.0937 e. The van der Waals surface area contributed by atoms with Gasteiger partial charge in [0.25, 0.3) is 0 Å². The first-order valence-corrected chi connectivity index (χ1v) is 7.12. The molecule has 0 spiro atoms. The molecule has 0 fully saturated rings. The number of nitrogens with zero attached hydrogens (tertiary/aromatic N) is 1. The molecular weight excluding hydrogens is 254 g/mol. The number of aliphatic hydroxyl groups is 1. The molecule has 0 bridgehead atoms. The number of benzene rings is 1. The summed E-state index contributed by atoms with van der Waals surface area (Å²) in [6, 6.07) is 14.3. The second kappa shape index (κ2) is 5.11. The van der Waals surface area contributed by atoms with Crippen molar-refractivity contribution in [3.8, 4) is 0 Å². The quantitative estimate of drug-likeness (QED) is 0.782. The molecule has 0 aliphatic rings. The summed E-state index contributed by atoms with van der Waals surface area (Å²) >= 11 is 1.65. The average molecular weight is 269 g/mol. The van der Waals surface area contributed by atoms with Crippen LogP contribution in [0.4, 0.5) is 0 Å². The van der Waals surface area contributed by atoms with Gasteiger partial charge in [0.05, 0.1) is 6.10 Å². The van der Waals surface area contributed by atoms with Gasteiger partial charge in [-0.2, -0.15) is 0 Å². The smallest absolute Gasteiger partial charge is 0.0937 e. The number of aromatic nitrogens is 1. The molecule has 19 heavy (non-hydrogen) atoms. The third kappa shape index (κ3) is 2.67. The number of thiophene rings is 1. The summed E-state index contributed by atoms with van der Waals surface area (Å²) in [5, 5.41) is 11.5. The van der Waals surface area contributed by atoms with Crippen LogP contribution >= 0.6 is 11.3 Å². The molecule has 3 heteroatoms. The third-order valence-corrected chi connectivity index (χ3v) is 4.37. The summed E-state index contributed by atoms with van der Waals surface area (Å²) in [5.41, 5.74) is 2.07. The minimum atomic E-state index is -0.479. The van der Waals surface area contributed by atoms with Crippen molar-refractivity contribution in [2.45, 2.75) is 19.4 Å². The first-order valence-electron chi connectivity index (χ1n) is 6.30. The minimum Gasteiger partial charge on any atom is -0.387 e. The molecule has 2 aromatic heterocycles. The summed E-state index contributed by atoms with van der Waals surface area (Å²) in [6.45, 7) is 2.01. The first-order chi connectivity index (χ1) is 9.22. The Labute approximate surface area is 116 Å². The van der Waals surface area contributed by atoms with Gasteiger partial charge in [0.1, 0.15) is 0 Å². The second-order valence-corrected chi connectivity index (χ2v) is 5.85. The maximum atomic E-state index is 10.3. The van der Waals surface area contributed by atoms with Gasteiger partial charge in [0, 0.05) is 27.9 Å². The van der Waals surface area contributed by atoms with Crippen LogP contribution in [0.5, 0.6) is 0 Å². The van der Waals surface area contributed by atoms with Crippen molar-refractivity contribution in [1.82, 2.24) is 4.98 Å². The Bertz CT molecular complexity index is 654. The Hall–Kier alpha value is -1.71. The van der Waals surface area contributed by atoms with Gasteiger partial charge in [-0.1, -0.05) is 24.3 Å². The number of rotatable bonds is 3. The molecular formula is C16H15NOS. The van der Waals surface area contributed by atoms with Gasteiger partial charge in [0.15, 0.2) is 0 Å². The van der Waals surface area contributed by atoms with Crippen LogP contribution in [0.2, 0.25) is 0 Å². The van der Waals surface area contributed by atoms with E-state index in [1.165, 1.54) is 10.1 Å². The van der Waals surface area contributed by atoms with Crippen molar-refractivity contribution in [2.75, 3.05) is 0 Å². The Morgan fingerprint density at radius 1 is 1.21 bits per heavy atom. The molecule has 1 aromatic carbocycles. The van der Waals surface area contributed by atoms with E-state index in [9.17, 15) is 5.11 Å². The summed E-state index contributed by atoms with van der Waals surface area (Å²) in [5.74, 6) is 0. The molecule has 96 valence electrons. The van der Waals surface area contributed by atoms with Crippen LogP contribution in [0.25, 0.3) is 10.1 Å². The Morgan fingerprint density at radius 3 is 2.79 bits per heavy atom. The number of pyridine rings is 1. The predicted octanol–water partition coefficient (Wildman–Crippen LogP) is 3.88. The zero-order valence-electron chi connectivity index (χ0n) is 10.7. The molecule has 1 atom stereocenters. The van der Waals surface area contributed by atoms with Crippen molar-refractivity contribution < 1.29 is 5.11 Å². The van der Waals surface area contributed by atoms with E-state index < -0.39 is 6.10 Å². The standard InChI is InChI=1S/C16H15NOS/c1-11-6-7-13(17-10-11)9-14(18)16-8-12-4-2-3-5-15(12)19-16/h2-8,10,14,18H,9H2,1H3. The van der Waals surface area contributed by atoms with Gasteiger partial charge in [-0.25, -0.2) is 0 Å². The molecule has 2 nitrogen and oxygen atoms in total. The van der Waals surface area contributed by atoms with E-state index in [0.717, 1.165) is 16.1 Å². The van der Waals surface area contributed by atoms with Crippen LogP contribution in [0.3, 0.4) is 0 Å². The number of aryl methyl sites for hydroxylation is 1. The molecule has 1 unspecified atom stereocenters. The van der Waals surface area contributed by atoms with Crippen LogP contribution in [-0.4, -0.2) is 10.1 Å². The number of fused-ring (bicyclic) bond motifs is 1. The van der Waals surface area contributed by atoms with Gasteiger partial charge in [-0.15, -0.1) is 11.3 Å². The van der Waals surface area contributed by atoms with E-state index >= 15 is 0 Å². The summed E-state index contributed by atoms with van der Waals surface area (Å²) < 4.78 is 1.22. The third-order valence-electron chi connectivity index (χ3n) is 3.15. The molecule has 2 heterocycles. The normalized spacial score (nSPS) is 12.7. The van der Waals surface area contributed by atoms with E-state index in [2.05, 4.69) is 23.2 Å². The first kappa shape index (κ1) is 12.3. The van der Waals surface area contributed by atoms with Crippen molar-refractivity contribution in [1.29, 1.82) is 0 Å². The lowest BCUT2D eigenvalue weighted by molar-refractivity contribution is 0.181.